The van der Waals surface area contributed by atoms with Gasteiger partial charge >= 0.3 is 11.9 Å². The molecule has 0 unspecified atom stereocenters. The van der Waals surface area contributed by atoms with Crippen molar-refractivity contribution in [3.63, 3.8) is 0 Å². The van der Waals surface area contributed by atoms with Gasteiger partial charge in [-0.25, -0.2) is 9.59 Å². The van der Waals surface area contributed by atoms with Crippen LogP contribution in [0.5, 0.6) is 0 Å². The Hall–Kier alpha value is -3.61. The van der Waals surface area contributed by atoms with Crippen LogP contribution >= 0.6 is 11.6 Å². The molecule has 1 N–H and O–H groups in total. The molecule has 1 saturated heterocycles. The number of nitrogens with one attached hydrogen (secondary N) is 1. The van der Waals surface area contributed by atoms with Crippen molar-refractivity contribution in [2.75, 3.05) is 6.61 Å². The average Bonchev–Trinajstić information content (AvgIpc) is 3.47. The van der Waals surface area contributed by atoms with Gasteiger partial charge < -0.3 is 19.2 Å². The molecule has 0 spiro atoms. The fourth-order valence-corrected chi connectivity index (χ4v) is 4.49. The van der Waals surface area contributed by atoms with Crippen molar-refractivity contribution in [2.24, 2.45) is 0 Å². The topological polar surface area (TPSA) is 77.6 Å². The van der Waals surface area contributed by atoms with Crippen LogP contribution in [0.1, 0.15) is 50.1 Å². The number of aromatic nitrogens is 1. The maximum Gasteiger partial charge on any atom is 0.338 e. The number of rotatable bonds is 6. The highest BCUT2D eigenvalue weighted by molar-refractivity contribution is 6.31. The minimum absolute atomic E-state index is 0.0406. The van der Waals surface area contributed by atoms with E-state index in [-0.39, 0.29) is 12.7 Å². The molecule has 3 atom stereocenters. The highest BCUT2D eigenvalue weighted by Gasteiger charge is 2.40. The third kappa shape index (κ3) is 5.30. The monoisotopic (exact) mass is 503 g/mol. The van der Waals surface area contributed by atoms with Gasteiger partial charge in [-0.2, -0.15) is 0 Å². The molecule has 0 radical (unpaired) electrons. The summed E-state index contributed by atoms with van der Waals surface area (Å²) in [6.07, 6.45) is -1.15. The fourth-order valence-electron chi connectivity index (χ4n) is 4.31. The molecule has 1 aliphatic heterocycles. The maximum atomic E-state index is 12.9. The third-order valence-corrected chi connectivity index (χ3v) is 6.60. The minimum atomic E-state index is -0.617. The summed E-state index contributed by atoms with van der Waals surface area (Å²) in [5.74, 6) is -0.895. The van der Waals surface area contributed by atoms with Crippen LogP contribution in [0.2, 0.25) is 5.02 Å². The lowest BCUT2D eigenvalue weighted by atomic mass is 10.1. The van der Waals surface area contributed by atoms with Gasteiger partial charge in [-0.3, -0.25) is 0 Å². The van der Waals surface area contributed by atoms with Crippen molar-refractivity contribution in [3.05, 3.63) is 106 Å². The standard InChI is InChI=1S/C29H26ClNO5/c1-17-3-7-19(8-4-17)28(32)34-16-27-26(36-29(33)20-9-5-18(2)6-10-20)15-25(35-27)24-14-21-13-22(30)11-12-23(21)31-24/h3-14,25-27,31H,15-16H2,1-2H3/t25-,26-,27+/m0/s1. The first kappa shape index (κ1) is 24.1. The van der Waals surface area contributed by atoms with Gasteiger partial charge in [-0.05, 0) is 62.4 Å². The third-order valence-electron chi connectivity index (χ3n) is 6.36. The smallest absolute Gasteiger partial charge is 0.338 e. The second-order valence-corrected chi connectivity index (χ2v) is 9.57. The molecular formula is C29H26ClNO5. The number of H-pyrrole nitrogens is 1. The van der Waals surface area contributed by atoms with Crippen LogP contribution in [0.15, 0.2) is 72.8 Å². The molecule has 6 nitrogen and oxygen atoms in total. The molecule has 1 aromatic heterocycles. The van der Waals surface area contributed by atoms with Gasteiger partial charge in [0.15, 0.2) is 0 Å². The Labute approximate surface area is 214 Å². The van der Waals surface area contributed by atoms with Crippen LogP contribution in [0.25, 0.3) is 10.9 Å². The number of hydrogen-bond acceptors (Lipinski definition) is 5. The Morgan fingerprint density at radius 3 is 2.22 bits per heavy atom. The van der Waals surface area contributed by atoms with E-state index in [9.17, 15) is 9.59 Å². The summed E-state index contributed by atoms with van der Waals surface area (Å²) < 4.78 is 17.7. The molecule has 3 aromatic carbocycles. The molecule has 36 heavy (non-hydrogen) atoms. The summed E-state index contributed by atoms with van der Waals surface area (Å²) >= 11 is 6.14. The zero-order valence-corrected chi connectivity index (χ0v) is 20.7. The number of aromatic amines is 1. The van der Waals surface area contributed by atoms with Gasteiger partial charge in [0.1, 0.15) is 24.9 Å². The first-order valence-corrected chi connectivity index (χ1v) is 12.2. The molecule has 4 aromatic rings. The van der Waals surface area contributed by atoms with E-state index in [1.807, 2.05) is 62.4 Å². The van der Waals surface area contributed by atoms with Crippen LogP contribution in [-0.4, -0.2) is 35.7 Å². The van der Waals surface area contributed by atoms with Gasteiger partial charge in [-0.15, -0.1) is 0 Å². The summed E-state index contributed by atoms with van der Waals surface area (Å²) in [4.78, 5) is 28.8. The Kier molecular flexibility index (Phi) is 6.81. The lowest BCUT2D eigenvalue weighted by Crippen LogP contribution is -2.32. The predicted octanol–water partition coefficient (Wildman–Crippen LogP) is 6.35. The van der Waals surface area contributed by atoms with Crippen molar-refractivity contribution in [1.82, 2.24) is 4.98 Å². The lowest BCUT2D eigenvalue weighted by molar-refractivity contribution is -0.0432. The van der Waals surface area contributed by atoms with Crippen LogP contribution in [-0.2, 0) is 14.2 Å². The molecule has 0 amide bonds. The Morgan fingerprint density at radius 1 is 0.917 bits per heavy atom. The zero-order valence-electron chi connectivity index (χ0n) is 20.0. The first-order chi connectivity index (χ1) is 17.4. The molecule has 0 aliphatic carbocycles. The minimum Gasteiger partial charge on any atom is -0.459 e. The number of fused-ring (bicyclic) bond motifs is 1. The van der Waals surface area contributed by atoms with Gasteiger partial charge in [0, 0.05) is 28.0 Å². The normalized spacial score (nSPS) is 19.4. The number of ether oxygens (including phenoxy) is 3. The van der Waals surface area contributed by atoms with E-state index in [0.717, 1.165) is 27.7 Å². The highest BCUT2D eigenvalue weighted by atomic mass is 35.5. The van der Waals surface area contributed by atoms with Gasteiger partial charge in [0.05, 0.1) is 11.1 Å². The average molecular weight is 504 g/mol. The number of carbonyl (C=O) groups excluding carboxylic acids is 2. The van der Waals surface area contributed by atoms with E-state index in [4.69, 9.17) is 25.8 Å². The Morgan fingerprint density at radius 2 is 1.56 bits per heavy atom. The molecule has 5 rings (SSSR count). The van der Waals surface area contributed by atoms with Gasteiger partial charge in [-0.1, -0.05) is 47.0 Å². The first-order valence-electron chi connectivity index (χ1n) is 11.8. The highest BCUT2D eigenvalue weighted by Crippen LogP contribution is 2.36. The number of benzene rings is 3. The van der Waals surface area contributed by atoms with Crippen LogP contribution in [0, 0.1) is 13.8 Å². The SMILES string of the molecule is Cc1ccc(C(=O)OC[C@H]2O[C@H](c3cc4cc(Cl)ccc4[nH]3)C[C@@H]2OC(=O)c2ccc(C)cc2)cc1. The number of esters is 2. The predicted molar refractivity (Wildman–Crippen MR) is 137 cm³/mol. The molecule has 1 fully saturated rings. The maximum absolute atomic E-state index is 12.9. The molecule has 7 heteroatoms. The van der Waals surface area contributed by atoms with E-state index >= 15 is 0 Å². The van der Waals surface area contributed by atoms with Crippen LogP contribution in [0.3, 0.4) is 0 Å². The quantitative estimate of drug-likeness (QED) is 0.310. The summed E-state index contributed by atoms with van der Waals surface area (Å²) in [6, 6.07) is 21.9. The van der Waals surface area contributed by atoms with Crippen molar-refractivity contribution in [3.8, 4) is 0 Å². The molecule has 184 valence electrons. The van der Waals surface area contributed by atoms with E-state index in [2.05, 4.69) is 4.98 Å². The molecule has 0 saturated carbocycles. The largest absolute Gasteiger partial charge is 0.459 e. The second-order valence-electron chi connectivity index (χ2n) is 9.13. The zero-order chi connectivity index (χ0) is 25.2. The van der Waals surface area contributed by atoms with Crippen molar-refractivity contribution >= 4 is 34.4 Å². The lowest BCUT2D eigenvalue weighted by Gasteiger charge is -2.19. The van der Waals surface area contributed by atoms with E-state index in [1.165, 1.54) is 0 Å². The van der Waals surface area contributed by atoms with Crippen LogP contribution in [0.4, 0.5) is 0 Å². The number of carbonyl (C=O) groups is 2. The van der Waals surface area contributed by atoms with Gasteiger partial charge in [0.25, 0.3) is 0 Å². The number of hydrogen-bond donors (Lipinski definition) is 1. The number of aryl methyl sites for hydroxylation is 2. The Balaban J connectivity index is 1.34. The van der Waals surface area contributed by atoms with E-state index < -0.39 is 24.1 Å². The molecular weight excluding hydrogens is 478 g/mol. The van der Waals surface area contributed by atoms with E-state index in [0.29, 0.717) is 22.6 Å². The van der Waals surface area contributed by atoms with Gasteiger partial charge in [0.2, 0.25) is 0 Å². The van der Waals surface area contributed by atoms with Crippen molar-refractivity contribution in [2.45, 2.75) is 38.6 Å². The fraction of sp³-hybridized carbons (Fsp3) is 0.241. The van der Waals surface area contributed by atoms with Crippen LogP contribution < -0.4 is 0 Å². The second kappa shape index (κ2) is 10.2. The summed E-state index contributed by atoms with van der Waals surface area (Å²) in [5, 5.41) is 1.61. The summed E-state index contributed by atoms with van der Waals surface area (Å²) in [7, 11) is 0. The summed E-state index contributed by atoms with van der Waals surface area (Å²) in [5.41, 5.74) is 4.79. The number of halogens is 1. The molecule has 2 heterocycles. The van der Waals surface area contributed by atoms with Crippen molar-refractivity contribution < 1.29 is 23.8 Å². The van der Waals surface area contributed by atoms with Crippen molar-refractivity contribution in [1.29, 1.82) is 0 Å². The Bertz CT molecular complexity index is 1390. The molecule has 1 aliphatic rings. The summed E-state index contributed by atoms with van der Waals surface area (Å²) in [6.45, 7) is 3.87. The molecule has 0 bridgehead atoms. The van der Waals surface area contributed by atoms with E-state index in [1.54, 1.807) is 24.3 Å².